The molecule has 5 rings (SSSR count). The van der Waals surface area contributed by atoms with E-state index in [0.717, 1.165) is 46.7 Å². The van der Waals surface area contributed by atoms with Crippen LogP contribution >= 0.6 is 0 Å². The molecule has 0 bridgehead atoms. The van der Waals surface area contributed by atoms with Crippen molar-refractivity contribution >= 4 is 11.0 Å². The van der Waals surface area contributed by atoms with Crippen molar-refractivity contribution in [2.24, 2.45) is 0 Å². The van der Waals surface area contributed by atoms with Crippen LogP contribution in [0.2, 0.25) is 0 Å². The molecule has 2 heterocycles. The number of rotatable bonds is 10. The molecular weight excluding hydrogens is 478 g/mol. The van der Waals surface area contributed by atoms with E-state index in [2.05, 4.69) is 46.3 Å². The lowest BCUT2D eigenvalue weighted by Gasteiger charge is -2.19. The molecule has 0 radical (unpaired) electrons. The van der Waals surface area contributed by atoms with E-state index < -0.39 is 0 Å². The van der Waals surface area contributed by atoms with Crippen LogP contribution in [-0.4, -0.2) is 62.4 Å². The first-order valence-electron chi connectivity index (χ1n) is 13.4. The van der Waals surface area contributed by atoms with Crippen LogP contribution in [-0.2, 0) is 6.42 Å². The van der Waals surface area contributed by atoms with Gasteiger partial charge in [-0.2, -0.15) is 0 Å². The molecule has 0 amide bonds. The molecule has 1 aliphatic rings. The van der Waals surface area contributed by atoms with E-state index in [1.54, 1.807) is 21.3 Å². The maximum Gasteiger partial charge on any atom is 0.203 e. The van der Waals surface area contributed by atoms with E-state index >= 15 is 0 Å². The second kappa shape index (κ2) is 12.2. The summed E-state index contributed by atoms with van der Waals surface area (Å²) in [6.07, 6.45) is 6.01. The van der Waals surface area contributed by atoms with Gasteiger partial charge in [0, 0.05) is 18.2 Å². The minimum atomic E-state index is 0.555. The second-order valence-electron chi connectivity index (χ2n) is 9.74. The fourth-order valence-corrected chi connectivity index (χ4v) is 5.20. The monoisotopic (exact) mass is 515 g/mol. The molecule has 0 spiro atoms. The highest BCUT2D eigenvalue weighted by Crippen LogP contribution is 2.41. The minimum absolute atomic E-state index is 0.555. The smallest absolute Gasteiger partial charge is 0.203 e. The Balaban J connectivity index is 1.47. The van der Waals surface area contributed by atoms with Gasteiger partial charge in [-0.05, 0) is 61.7 Å². The lowest BCUT2D eigenvalue weighted by molar-refractivity contribution is 0.214. The van der Waals surface area contributed by atoms with Gasteiger partial charge in [0.25, 0.3) is 0 Å². The standard InChI is InChI=1S/C31H37N3O4/c1-35-27-19-24(20-28(36-2)30(27)37-3)31-32-26-21-25(38-16-15-34-13-9-4-5-10-14-34)18-23(29(26)33-31)17-22-11-7-6-8-12-22/h6-8,11-12,18-21H,4-5,9-10,13-17H2,1-3H3,(H,32,33). The first-order chi connectivity index (χ1) is 18.7. The molecule has 7 heteroatoms. The molecule has 4 aromatic rings. The molecule has 0 aliphatic carbocycles. The van der Waals surface area contributed by atoms with Crippen LogP contribution in [0.15, 0.2) is 54.6 Å². The predicted molar refractivity (Wildman–Crippen MR) is 151 cm³/mol. The topological polar surface area (TPSA) is 68.8 Å². The van der Waals surface area contributed by atoms with Gasteiger partial charge in [-0.3, -0.25) is 4.90 Å². The summed E-state index contributed by atoms with van der Waals surface area (Å²) in [5.41, 5.74) is 5.07. The Morgan fingerprint density at radius 1 is 0.842 bits per heavy atom. The highest BCUT2D eigenvalue weighted by Gasteiger charge is 2.18. The van der Waals surface area contributed by atoms with E-state index in [4.69, 9.17) is 23.9 Å². The zero-order valence-corrected chi connectivity index (χ0v) is 22.6. The summed E-state index contributed by atoms with van der Waals surface area (Å²) in [7, 11) is 4.84. The highest BCUT2D eigenvalue weighted by atomic mass is 16.5. The molecule has 0 unspecified atom stereocenters. The molecule has 1 saturated heterocycles. The van der Waals surface area contributed by atoms with Crippen molar-refractivity contribution in [2.75, 3.05) is 47.6 Å². The number of likely N-dealkylation sites (tertiary alicyclic amines) is 1. The van der Waals surface area contributed by atoms with Crippen LogP contribution < -0.4 is 18.9 Å². The van der Waals surface area contributed by atoms with Crippen molar-refractivity contribution in [1.82, 2.24) is 14.9 Å². The van der Waals surface area contributed by atoms with E-state index in [-0.39, 0.29) is 0 Å². The number of methoxy groups -OCH3 is 3. The fraction of sp³-hybridized carbons (Fsp3) is 0.387. The maximum absolute atomic E-state index is 6.31. The van der Waals surface area contributed by atoms with Crippen LogP contribution in [0.4, 0.5) is 0 Å². The van der Waals surface area contributed by atoms with Gasteiger partial charge in [-0.15, -0.1) is 0 Å². The molecule has 200 valence electrons. The van der Waals surface area contributed by atoms with Gasteiger partial charge in [-0.1, -0.05) is 43.2 Å². The predicted octanol–water partition coefficient (Wildman–Crippen LogP) is 6.10. The fourth-order valence-electron chi connectivity index (χ4n) is 5.20. The molecule has 1 aliphatic heterocycles. The van der Waals surface area contributed by atoms with Crippen LogP contribution in [0.3, 0.4) is 0 Å². The first kappa shape index (κ1) is 25.9. The number of benzene rings is 3. The molecule has 38 heavy (non-hydrogen) atoms. The summed E-state index contributed by atoms with van der Waals surface area (Å²) >= 11 is 0. The van der Waals surface area contributed by atoms with E-state index in [1.165, 1.54) is 44.3 Å². The zero-order chi connectivity index (χ0) is 26.3. The third kappa shape index (κ3) is 5.89. The van der Waals surface area contributed by atoms with Gasteiger partial charge in [-0.25, -0.2) is 4.98 Å². The Morgan fingerprint density at radius 2 is 1.55 bits per heavy atom. The summed E-state index contributed by atoms with van der Waals surface area (Å²) in [6.45, 7) is 3.95. The lowest BCUT2D eigenvalue weighted by atomic mass is 10.0. The Kier molecular flexibility index (Phi) is 8.34. The van der Waals surface area contributed by atoms with Gasteiger partial charge < -0.3 is 23.9 Å². The number of ether oxygens (including phenoxy) is 4. The van der Waals surface area contributed by atoms with Crippen LogP contribution in [0.25, 0.3) is 22.4 Å². The van der Waals surface area contributed by atoms with Crippen molar-refractivity contribution in [3.8, 4) is 34.4 Å². The van der Waals surface area contributed by atoms with E-state index in [1.807, 2.05) is 18.2 Å². The molecule has 1 fully saturated rings. The number of hydrogen-bond donors (Lipinski definition) is 1. The number of aromatic amines is 1. The summed E-state index contributed by atoms with van der Waals surface area (Å²) in [5, 5.41) is 0. The van der Waals surface area contributed by atoms with Crippen LogP contribution in [0.1, 0.15) is 36.8 Å². The maximum atomic E-state index is 6.31. The highest BCUT2D eigenvalue weighted by molar-refractivity contribution is 5.85. The summed E-state index contributed by atoms with van der Waals surface area (Å²) in [5.74, 6) is 3.32. The number of hydrogen-bond acceptors (Lipinski definition) is 6. The first-order valence-corrected chi connectivity index (χ1v) is 13.4. The Hall–Kier alpha value is -3.71. The molecular formula is C31H37N3O4. The molecule has 0 atom stereocenters. The second-order valence-corrected chi connectivity index (χ2v) is 9.74. The largest absolute Gasteiger partial charge is 0.493 e. The van der Waals surface area contributed by atoms with Crippen molar-refractivity contribution in [1.29, 1.82) is 0 Å². The molecule has 0 saturated carbocycles. The molecule has 7 nitrogen and oxygen atoms in total. The zero-order valence-electron chi connectivity index (χ0n) is 22.6. The normalized spacial score (nSPS) is 14.3. The van der Waals surface area contributed by atoms with Crippen LogP contribution in [0.5, 0.6) is 23.0 Å². The third-order valence-electron chi connectivity index (χ3n) is 7.19. The van der Waals surface area contributed by atoms with Crippen LogP contribution in [0, 0.1) is 0 Å². The number of fused-ring (bicyclic) bond motifs is 1. The van der Waals surface area contributed by atoms with Crippen molar-refractivity contribution in [3.63, 3.8) is 0 Å². The Bertz CT molecular complexity index is 1320. The van der Waals surface area contributed by atoms with E-state index in [0.29, 0.717) is 23.9 Å². The lowest BCUT2D eigenvalue weighted by Crippen LogP contribution is -2.29. The summed E-state index contributed by atoms with van der Waals surface area (Å²) < 4.78 is 22.9. The number of nitrogens with zero attached hydrogens (tertiary/aromatic N) is 2. The number of H-pyrrole nitrogens is 1. The van der Waals surface area contributed by atoms with Gasteiger partial charge in [0.1, 0.15) is 18.2 Å². The SMILES string of the molecule is COc1cc(-c2nc3c(Cc4ccccc4)cc(OCCN4CCCCCC4)cc3[nH]2)cc(OC)c1OC. The summed E-state index contributed by atoms with van der Waals surface area (Å²) in [4.78, 5) is 11.1. The average Bonchev–Trinajstić information content (AvgIpc) is 3.21. The van der Waals surface area contributed by atoms with Crippen molar-refractivity contribution < 1.29 is 18.9 Å². The Labute approximate surface area is 224 Å². The number of nitrogens with one attached hydrogen (secondary N) is 1. The quantitative estimate of drug-likeness (QED) is 0.275. The molecule has 1 aromatic heterocycles. The van der Waals surface area contributed by atoms with Crippen molar-refractivity contribution in [3.05, 3.63) is 65.7 Å². The van der Waals surface area contributed by atoms with Gasteiger partial charge in [0.05, 0.1) is 32.4 Å². The number of imidazole rings is 1. The van der Waals surface area contributed by atoms with Gasteiger partial charge in [0.2, 0.25) is 5.75 Å². The minimum Gasteiger partial charge on any atom is -0.493 e. The number of aromatic nitrogens is 2. The summed E-state index contributed by atoms with van der Waals surface area (Å²) in [6, 6.07) is 18.5. The van der Waals surface area contributed by atoms with Gasteiger partial charge in [0.15, 0.2) is 11.5 Å². The van der Waals surface area contributed by atoms with Gasteiger partial charge >= 0.3 is 0 Å². The molecule has 3 aromatic carbocycles. The average molecular weight is 516 g/mol. The van der Waals surface area contributed by atoms with E-state index in [9.17, 15) is 0 Å². The molecule has 1 N–H and O–H groups in total. The third-order valence-corrected chi connectivity index (χ3v) is 7.19. The Morgan fingerprint density at radius 3 is 2.21 bits per heavy atom. The van der Waals surface area contributed by atoms with Crippen molar-refractivity contribution in [2.45, 2.75) is 32.1 Å².